The zero-order chi connectivity index (χ0) is 15.1. The molecule has 0 aliphatic heterocycles. The van der Waals surface area contributed by atoms with E-state index < -0.39 is 0 Å². The second-order valence-corrected chi connectivity index (χ2v) is 5.58. The minimum atomic E-state index is -0.243. The number of rotatable bonds is 7. The second kappa shape index (κ2) is 8.07. The molecule has 2 aromatic rings. The molecule has 0 unspecified atom stereocenters. The van der Waals surface area contributed by atoms with Crippen molar-refractivity contribution in [3.8, 4) is 0 Å². The first-order valence-electron chi connectivity index (χ1n) is 6.63. The van der Waals surface area contributed by atoms with Crippen LogP contribution in [-0.2, 0) is 11.3 Å². The molecule has 0 fully saturated rings. The van der Waals surface area contributed by atoms with Gasteiger partial charge in [0.15, 0.2) is 5.16 Å². The molecule has 0 spiro atoms. The van der Waals surface area contributed by atoms with Crippen molar-refractivity contribution in [1.82, 2.24) is 15.3 Å². The molecule has 112 valence electrons. The van der Waals surface area contributed by atoms with Gasteiger partial charge in [0.1, 0.15) is 5.82 Å². The molecule has 4 nitrogen and oxygen atoms in total. The summed E-state index contributed by atoms with van der Waals surface area (Å²) in [7, 11) is 1.65. The molecule has 0 radical (unpaired) electrons. The van der Waals surface area contributed by atoms with Crippen molar-refractivity contribution in [2.75, 3.05) is 20.3 Å². The van der Waals surface area contributed by atoms with Crippen molar-refractivity contribution in [2.24, 2.45) is 0 Å². The molecule has 0 aliphatic rings. The third-order valence-electron chi connectivity index (χ3n) is 2.78. The molecule has 21 heavy (non-hydrogen) atoms. The van der Waals surface area contributed by atoms with Crippen molar-refractivity contribution in [3.05, 3.63) is 47.5 Å². The Morgan fingerprint density at radius 3 is 2.76 bits per heavy atom. The summed E-state index contributed by atoms with van der Waals surface area (Å²) in [6, 6.07) is 4.75. The fraction of sp³-hybridized carbons (Fsp3) is 0.333. The Morgan fingerprint density at radius 2 is 2.05 bits per heavy atom. The van der Waals surface area contributed by atoms with Crippen LogP contribution in [0.25, 0.3) is 0 Å². The number of nitrogens with one attached hydrogen (secondary N) is 1. The van der Waals surface area contributed by atoms with Gasteiger partial charge in [-0.1, -0.05) is 0 Å². The van der Waals surface area contributed by atoms with Crippen LogP contribution in [0.3, 0.4) is 0 Å². The molecule has 0 saturated heterocycles. The maximum absolute atomic E-state index is 13.4. The largest absolute Gasteiger partial charge is 0.383 e. The van der Waals surface area contributed by atoms with Crippen molar-refractivity contribution in [1.29, 1.82) is 0 Å². The molecule has 0 saturated carbocycles. The smallest absolute Gasteiger partial charge is 0.192 e. The van der Waals surface area contributed by atoms with Gasteiger partial charge in [-0.05, 0) is 48.0 Å². The summed E-state index contributed by atoms with van der Waals surface area (Å²) in [5, 5.41) is 3.88. The molecule has 0 amide bonds. The molecule has 0 atom stereocenters. The van der Waals surface area contributed by atoms with Crippen molar-refractivity contribution in [3.63, 3.8) is 0 Å². The lowest BCUT2D eigenvalue weighted by Gasteiger charge is -2.10. The molecule has 1 aromatic carbocycles. The van der Waals surface area contributed by atoms with Gasteiger partial charge in [0, 0.05) is 37.5 Å². The summed E-state index contributed by atoms with van der Waals surface area (Å²) < 4.78 is 18.4. The van der Waals surface area contributed by atoms with Crippen LogP contribution in [0.1, 0.15) is 11.1 Å². The Labute approximate surface area is 128 Å². The Bertz CT molecular complexity index is 578. The van der Waals surface area contributed by atoms with Gasteiger partial charge in [0.25, 0.3) is 0 Å². The minimum Gasteiger partial charge on any atom is -0.383 e. The van der Waals surface area contributed by atoms with Crippen LogP contribution < -0.4 is 5.32 Å². The monoisotopic (exact) mass is 307 g/mol. The highest BCUT2D eigenvalue weighted by Gasteiger charge is 2.08. The van der Waals surface area contributed by atoms with Crippen LogP contribution in [0.15, 0.2) is 40.6 Å². The van der Waals surface area contributed by atoms with E-state index in [1.165, 1.54) is 23.9 Å². The normalized spacial score (nSPS) is 10.8. The average molecular weight is 307 g/mol. The van der Waals surface area contributed by atoms with Gasteiger partial charge in [0.05, 0.1) is 6.61 Å². The highest BCUT2D eigenvalue weighted by atomic mass is 32.2. The predicted octanol–water partition coefficient (Wildman–Crippen LogP) is 2.81. The Hall–Kier alpha value is -1.50. The Morgan fingerprint density at radius 1 is 1.29 bits per heavy atom. The van der Waals surface area contributed by atoms with E-state index in [1.807, 2.05) is 6.92 Å². The van der Waals surface area contributed by atoms with Crippen molar-refractivity contribution < 1.29 is 9.13 Å². The van der Waals surface area contributed by atoms with Crippen LogP contribution in [0, 0.1) is 12.7 Å². The summed E-state index contributed by atoms with van der Waals surface area (Å²) in [6.45, 7) is 3.86. The molecule has 6 heteroatoms. The van der Waals surface area contributed by atoms with Crippen LogP contribution in [0.5, 0.6) is 0 Å². The zero-order valence-corrected chi connectivity index (χ0v) is 12.9. The van der Waals surface area contributed by atoms with Gasteiger partial charge in [-0.3, -0.25) is 0 Å². The number of aryl methyl sites for hydroxylation is 1. The number of hydrogen-bond donors (Lipinski definition) is 1. The summed E-state index contributed by atoms with van der Waals surface area (Å²) in [5.74, 6) is -0.243. The highest BCUT2D eigenvalue weighted by molar-refractivity contribution is 7.99. The summed E-state index contributed by atoms with van der Waals surface area (Å²) >= 11 is 1.44. The Kier molecular flexibility index (Phi) is 6.10. The van der Waals surface area contributed by atoms with E-state index >= 15 is 0 Å². The summed E-state index contributed by atoms with van der Waals surface area (Å²) in [4.78, 5) is 9.48. The van der Waals surface area contributed by atoms with E-state index in [4.69, 9.17) is 4.74 Å². The van der Waals surface area contributed by atoms with Gasteiger partial charge in [0.2, 0.25) is 0 Å². The number of hydrogen-bond acceptors (Lipinski definition) is 5. The van der Waals surface area contributed by atoms with Gasteiger partial charge in [-0.2, -0.15) is 0 Å². The number of ether oxygens (including phenoxy) is 1. The van der Waals surface area contributed by atoms with Crippen LogP contribution in [-0.4, -0.2) is 30.2 Å². The molecule has 1 heterocycles. The number of methoxy groups -OCH3 is 1. The molecule has 1 aromatic heterocycles. The zero-order valence-electron chi connectivity index (χ0n) is 12.1. The maximum Gasteiger partial charge on any atom is 0.192 e. The number of benzene rings is 1. The van der Waals surface area contributed by atoms with Gasteiger partial charge >= 0.3 is 0 Å². The first kappa shape index (κ1) is 15.9. The van der Waals surface area contributed by atoms with E-state index in [0.29, 0.717) is 18.3 Å². The maximum atomic E-state index is 13.4. The number of halogens is 1. The highest BCUT2D eigenvalue weighted by Crippen LogP contribution is 2.28. The second-order valence-electron chi connectivity index (χ2n) is 4.57. The van der Waals surface area contributed by atoms with E-state index in [1.54, 1.807) is 25.6 Å². The predicted molar refractivity (Wildman–Crippen MR) is 80.9 cm³/mol. The Balaban J connectivity index is 2.08. The third-order valence-corrected chi connectivity index (χ3v) is 3.79. The fourth-order valence-corrected chi connectivity index (χ4v) is 2.52. The fourth-order valence-electron chi connectivity index (χ4n) is 1.71. The molecular weight excluding hydrogens is 289 g/mol. The molecule has 1 N–H and O–H groups in total. The minimum absolute atomic E-state index is 0.243. The quantitative estimate of drug-likeness (QED) is 0.629. The number of nitrogens with zero attached hydrogens (tertiary/aromatic N) is 2. The first-order valence-corrected chi connectivity index (χ1v) is 7.45. The van der Waals surface area contributed by atoms with E-state index in [2.05, 4.69) is 15.3 Å². The van der Waals surface area contributed by atoms with Crippen LogP contribution >= 0.6 is 11.8 Å². The van der Waals surface area contributed by atoms with Gasteiger partial charge < -0.3 is 10.1 Å². The molecular formula is C15H18FN3OS. The summed E-state index contributed by atoms with van der Waals surface area (Å²) in [6.07, 6.45) is 3.55. The molecule has 2 rings (SSSR count). The van der Waals surface area contributed by atoms with E-state index in [0.717, 1.165) is 22.6 Å². The van der Waals surface area contributed by atoms with E-state index in [9.17, 15) is 4.39 Å². The van der Waals surface area contributed by atoms with Gasteiger partial charge in [-0.15, -0.1) is 0 Å². The number of aromatic nitrogens is 2. The summed E-state index contributed by atoms with van der Waals surface area (Å²) in [5.41, 5.74) is 1.90. The lowest BCUT2D eigenvalue weighted by Crippen LogP contribution is -2.19. The third kappa shape index (κ3) is 5.08. The topological polar surface area (TPSA) is 47.0 Å². The lowest BCUT2D eigenvalue weighted by atomic mass is 10.2. The average Bonchev–Trinajstić information content (AvgIpc) is 2.48. The van der Waals surface area contributed by atoms with E-state index in [-0.39, 0.29) is 5.82 Å². The standard InChI is InChI=1S/C15H18FN3OS/c1-11-8-18-15(19-9-11)21-14-4-3-13(16)7-12(14)10-17-5-6-20-2/h3-4,7-9,17H,5-6,10H2,1-2H3. The lowest BCUT2D eigenvalue weighted by molar-refractivity contribution is 0.199. The van der Waals surface area contributed by atoms with Crippen molar-refractivity contribution >= 4 is 11.8 Å². The van der Waals surface area contributed by atoms with Crippen LogP contribution in [0.4, 0.5) is 4.39 Å². The SMILES string of the molecule is COCCNCc1cc(F)ccc1Sc1ncc(C)cn1. The molecule has 0 bridgehead atoms. The van der Waals surface area contributed by atoms with Crippen LogP contribution in [0.2, 0.25) is 0 Å². The first-order chi connectivity index (χ1) is 10.2. The molecule has 0 aliphatic carbocycles. The van der Waals surface area contributed by atoms with Crippen molar-refractivity contribution in [2.45, 2.75) is 23.5 Å². The van der Waals surface area contributed by atoms with Gasteiger partial charge in [-0.25, -0.2) is 14.4 Å².